The van der Waals surface area contributed by atoms with Crippen molar-refractivity contribution in [2.24, 2.45) is 0 Å². The predicted molar refractivity (Wildman–Crippen MR) is 297 cm³/mol. The fraction of sp³-hybridized carbons (Fsp3) is 0.231. The molecule has 340 valence electrons. The molecule has 0 unspecified atom stereocenters. The lowest BCUT2D eigenvalue weighted by Gasteiger charge is -2.44. The summed E-state index contributed by atoms with van der Waals surface area (Å²) in [6.45, 7) is 26.0. The van der Waals surface area contributed by atoms with E-state index in [9.17, 15) is 0 Å². The Morgan fingerprint density at radius 3 is 1.75 bits per heavy atom. The Balaban J connectivity index is 1.25. The van der Waals surface area contributed by atoms with Gasteiger partial charge in [-0.2, -0.15) is 0 Å². The topological polar surface area (TPSA) is 11.4 Å². The first-order valence-electron chi connectivity index (χ1n) is 25.0. The van der Waals surface area contributed by atoms with Gasteiger partial charge in [0.1, 0.15) is 0 Å². The van der Waals surface area contributed by atoms with Crippen LogP contribution in [0.15, 0.2) is 182 Å². The van der Waals surface area contributed by atoms with Crippen LogP contribution < -0.4 is 15.3 Å². The molecule has 12 rings (SSSR count). The molecule has 0 saturated carbocycles. The van der Waals surface area contributed by atoms with Gasteiger partial charge in [0.25, 0.3) is 0 Å². The van der Waals surface area contributed by atoms with Crippen LogP contribution >= 0.6 is 0 Å². The SMILES string of the molecule is CC(C)(C)c1ccc(N2C3=C(B4c5c(cc(C(C)(C)C)cc52)-c2cc(C(C)(C)C)cc5c6c(N(c7ccccc7)c7ccccc7-c7ccccc7)cccc6n4c25)c2ccccc2C3(C)C)cc1. The average molecular weight is 896 g/mol. The van der Waals surface area contributed by atoms with Crippen molar-refractivity contribution in [3.63, 3.8) is 0 Å². The molecule has 1 aliphatic carbocycles. The zero-order chi connectivity index (χ0) is 47.9. The highest BCUT2D eigenvalue weighted by molar-refractivity contribution is 6.93. The normalized spacial score (nSPS) is 14.9. The molecule has 1 aromatic heterocycles. The number of benzene rings is 8. The summed E-state index contributed by atoms with van der Waals surface area (Å²) in [4.78, 5) is 5.20. The Morgan fingerprint density at radius 1 is 0.493 bits per heavy atom. The first kappa shape index (κ1) is 43.3. The second-order valence-corrected chi connectivity index (χ2v) is 23.4. The Labute approximate surface area is 409 Å². The van der Waals surface area contributed by atoms with E-state index >= 15 is 0 Å². The van der Waals surface area contributed by atoms with E-state index in [-0.39, 0.29) is 28.5 Å². The zero-order valence-corrected chi connectivity index (χ0v) is 42.2. The Morgan fingerprint density at radius 2 is 1.07 bits per heavy atom. The molecule has 0 radical (unpaired) electrons. The molecule has 0 N–H and O–H groups in total. The number of hydrogen-bond acceptors (Lipinski definition) is 2. The maximum atomic E-state index is 2.78. The van der Waals surface area contributed by atoms with E-state index in [0.29, 0.717) is 0 Å². The van der Waals surface area contributed by atoms with Gasteiger partial charge in [0.2, 0.25) is 0 Å². The van der Waals surface area contributed by atoms with Gasteiger partial charge in [0.15, 0.2) is 0 Å². The minimum Gasteiger partial charge on any atom is -0.375 e. The summed E-state index contributed by atoms with van der Waals surface area (Å²) in [7, 11) is 0. The van der Waals surface area contributed by atoms with E-state index in [1.807, 2.05) is 0 Å². The maximum absolute atomic E-state index is 2.78. The molecule has 3 heterocycles. The van der Waals surface area contributed by atoms with Crippen LogP contribution in [0.25, 0.3) is 49.5 Å². The van der Waals surface area contributed by atoms with Crippen LogP contribution in [0.5, 0.6) is 0 Å². The van der Waals surface area contributed by atoms with Gasteiger partial charge >= 0.3 is 6.85 Å². The monoisotopic (exact) mass is 896 g/mol. The molecule has 0 spiro atoms. The first-order chi connectivity index (χ1) is 32.9. The Hall–Kier alpha value is -7.04. The minimum absolute atomic E-state index is 0.0397. The predicted octanol–water partition coefficient (Wildman–Crippen LogP) is 16.9. The second-order valence-electron chi connectivity index (χ2n) is 23.4. The Kier molecular flexibility index (Phi) is 9.39. The van der Waals surface area contributed by atoms with Crippen LogP contribution in [0.3, 0.4) is 0 Å². The van der Waals surface area contributed by atoms with Crippen molar-refractivity contribution in [3.05, 3.63) is 209 Å². The van der Waals surface area contributed by atoms with Gasteiger partial charge in [-0.25, -0.2) is 0 Å². The van der Waals surface area contributed by atoms with Crippen molar-refractivity contribution in [3.8, 4) is 22.3 Å². The summed E-state index contributed by atoms with van der Waals surface area (Å²) in [5.74, 6) is 0. The van der Waals surface area contributed by atoms with Crippen molar-refractivity contribution in [2.75, 3.05) is 9.80 Å². The molecule has 2 aliphatic heterocycles. The molecule has 9 aromatic rings. The number of rotatable bonds is 5. The molecule has 0 fully saturated rings. The highest BCUT2D eigenvalue weighted by Gasteiger charge is 2.53. The van der Waals surface area contributed by atoms with Crippen LogP contribution in [0, 0.1) is 0 Å². The summed E-state index contributed by atoms with van der Waals surface area (Å²) < 4.78 is 2.78. The first-order valence-corrected chi connectivity index (χ1v) is 25.0. The number of aromatic nitrogens is 1. The highest BCUT2D eigenvalue weighted by Crippen LogP contribution is 2.58. The molecule has 0 bridgehead atoms. The number of hydrogen-bond donors (Lipinski definition) is 0. The third-order valence-electron chi connectivity index (χ3n) is 15.6. The maximum Gasteiger partial charge on any atom is 0.333 e. The van der Waals surface area contributed by atoms with E-state index in [1.54, 1.807) is 0 Å². The third kappa shape index (κ3) is 6.47. The third-order valence-corrected chi connectivity index (χ3v) is 15.6. The summed E-state index contributed by atoms with van der Waals surface area (Å²) in [5, 5.41) is 2.56. The Bertz CT molecular complexity index is 3570. The lowest BCUT2D eigenvalue weighted by molar-refractivity contribution is 0.588. The number of anilines is 5. The molecule has 69 heavy (non-hydrogen) atoms. The van der Waals surface area contributed by atoms with Crippen molar-refractivity contribution in [2.45, 2.75) is 97.8 Å². The van der Waals surface area contributed by atoms with Gasteiger partial charge < -0.3 is 14.3 Å². The van der Waals surface area contributed by atoms with Gasteiger partial charge in [-0.1, -0.05) is 191 Å². The van der Waals surface area contributed by atoms with Crippen LogP contribution in [-0.4, -0.2) is 11.3 Å². The van der Waals surface area contributed by atoms with Crippen LogP contribution in [-0.2, 0) is 21.7 Å². The van der Waals surface area contributed by atoms with Crippen LogP contribution in [0.4, 0.5) is 28.4 Å². The summed E-state index contributed by atoms with van der Waals surface area (Å²) in [6.07, 6.45) is 0. The number of fused-ring (bicyclic) bond motifs is 8. The largest absolute Gasteiger partial charge is 0.375 e. The van der Waals surface area contributed by atoms with Gasteiger partial charge in [0, 0.05) is 61.1 Å². The van der Waals surface area contributed by atoms with Crippen LogP contribution in [0.2, 0.25) is 0 Å². The fourth-order valence-electron chi connectivity index (χ4n) is 12.0. The van der Waals surface area contributed by atoms with Gasteiger partial charge in [-0.3, -0.25) is 0 Å². The lowest BCUT2D eigenvalue weighted by atomic mass is 9.43. The van der Waals surface area contributed by atoms with Crippen molar-refractivity contribution < 1.29 is 0 Å². The van der Waals surface area contributed by atoms with Crippen molar-refractivity contribution in [1.29, 1.82) is 0 Å². The molecular weight excluding hydrogens is 834 g/mol. The van der Waals surface area contributed by atoms with Gasteiger partial charge in [-0.05, 0) is 127 Å². The molecule has 8 aromatic carbocycles. The van der Waals surface area contributed by atoms with Crippen molar-refractivity contribution in [1.82, 2.24) is 4.48 Å². The molecule has 0 saturated heterocycles. The van der Waals surface area contributed by atoms with Gasteiger partial charge in [-0.15, -0.1) is 0 Å². The van der Waals surface area contributed by atoms with Crippen LogP contribution in [0.1, 0.15) is 104 Å². The standard InChI is InChI=1S/C65H62BN3/c1-62(2,3)42-33-35-46(36-34-42)68-56-40-44(64(7,8)9)37-49-50-38-43(63(4,5)6)39-51-57-54(67(45-25-16-13-17-26-45)53-30-21-19-27-47(53)41-23-14-12-15-24-41)31-22-32-55(57)69(60(50)51)66(58(49)56)59-48-28-18-20-29-52(48)65(10,11)61(59)68/h12-40H,1-11H3. The lowest BCUT2D eigenvalue weighted by Crippen LogP contribution is -2.50. The minimum atomic E-state index is -0.293. The van der Waals surface area contributed by atoms with E-state index in [0.717, 1.165) is 11.4 Å². The number of allylic oxidation sites excluding steroid dienone is 1. The number of nitrogens with zero attached hydrogens (tertiary/aromatic N) is 3. The smallest absolute Gasteiger partial charge is 0.333 e. The summed E-state index contributed by atoms with van der Waals surface area (Å²) in [6, 6.07) is 66.8. The molecule has 3 aliphatic rings. The average Bonchev–Trinajstić information content (AvgIpc) is 3.79. The zero-order valence-electron chi connectivity index (χ0n) is 42.2. The van der Waals surface area contributed by atoms with E-state index < -0.39 is 0 Å². The van der Waals surface area contributed by atoms with E-state index in [4.69, 9.17) is 0 Å². The summed E-state index contributed by atoms with van der Waals surface area (Å²) >= 11 is 0. The fourth-order valence-corrected chi connectivity index (χ4v) is 12.0. The molecule has 0 amide bonds. The van der Waals surface area contributed by atoms with E-state index in [2.05, 4.69) is 266 Å². The molecule has 3 nitrogen and oxygen atoms in total. The quantitative estimate of drug-likeness (QED) is 0.160. The van der Waals surface area contributed by atoms with Gasteiger partial charge in [0.05, 0.1) is 11.4 Å². The summed E-state index contributed by atoms with van der Waals surface area (Å²) in [5.41, 5.74) is 23.9. The number of para-hydroxylation sites is 2. The second kappa shape index (κ2) is 15.0. The van der Waals surface area contributed by atoms with E-state index in [1.165, 1.54) is 106 Å². The molecule has 4 heteroatoms. The molecular formula is C65H62BN3. The molecule has 0 atom stereocenters. The highest BCUT2D eigenvalue weighted by atomic mass is 15.2. The van der Waals surface area contributed by atoms with Crippen molar-refractivity contribution >= 4 is 68.0 Å².